The van der Waals surface area contributed by atoms with Crippen molar-refractivity contribution in [1.29, 1.82) is 0 Å². The fourth-order valence-electron chi connectivity index (χ4n) is 2.46. The summed E-state index contributed by atoms with van der Waals surface area (Å²) < 4.78 is 8.27. The third kappa shape index (κ3) is 4.54. The minimum atomic E-state index is -0.0962. The van der Waals surface area contributed by atoms with Gasteiger partial charge in [0.15, 0.2) is 0 Å². The number of aryl methyl sites for hydroxylation is 2. The summed E-state index contributed by atoms with van der Waals surface area (Å²) in [6.45, 7) is 8.07. The molecule has 1 amide bonds. The van der Waals surface area contributed by atoms with E-state index in [4.69, 9.17) is 4.74 Å². The number of rotatable bonds is 8. The SMILES string of the molecule is CCCCOCCCNC(=O)c1c(C)nc2c(C)cc(Br)cn12. The van der Waals surface area contributed by atoms with Crippen LogP contribution in [0.2, 0.25) is 0 Å². The Balaban J connectivity index is 1.97. The highest BCUT2D eigenvalue weighted by Crippen LogP contribution is 2.20. The van der Waals surface area contributed by atoms with Crippen molar-refractivity contribution in [3.05, 3.63) is 33.7 Å². The summed E-state index contributed by atoms with van der Waals surface area (Å²) in [5.41, 5.74) is 3.18. The Kier molecular flexibility index (Phi) is 6.59. The van der Waals surface area contributed by atoms with Gasteiger partial charge in [-0.05, 0) is 54.2 Å². The molecule has 0 aromatic carbocycles. The maximum absolute atomic E-state index is 12.5. The largest absolute Gasteiger partial charge is 0.381 e. The molecule has 0 saturated heterocycles. The first-order valence-corrected chi connectivity index (χ1v) is 8.84. The van der Waals surface area contributed by atoms with Crippen molar-refractivity contribution in [3.8, 4) is 0 Å². The third-order valence-corrected chi connectivity index (χ3v) is 4.09. The Morgan fingerprint density at radius 1 is 1.35 bits per heavy atom. The Morgan fingerprint density at radius 2 is 2.09 bits per heavy atom. The van der Waals surface area contributed by atoms with Crippen molar-refractivity contribution in [3.63, 3.8) is 0 Å². The van der Waals surface area contributed by atoms with E-state index in [1.54, 1.807) is 0 Å². The van der Waals surface area contributed by atoms with E-state index in [2.05, 4.69) is 33.2 Å². The molecule has 1 N–H and O–H groups in total. The average molecular weight is 382 g/mol. The second-order valence-corrected chi connectivity index (χ2v) is 6.57. The van der Waals surface area contributed by atoms with Crippen molar-refractivity contribution in [1.82, 2.24) is 14.7 Å². The van der Waals surface area contributed by atoms with Crippen molar-refractivity contribution in [2.75, 3.05) is 19.8 Å². The fourth-order valence-corrected chi connectivity index (χ4v) is 3.01. The van der Waals surface area contributed by atoms with Gasteiger partial charge in [0.1, 0.15) is 11.3 Å². The van der Waals surface area contributed by atoms with Gasteiger partial charge in [-0.2, -0.15) is 0 Å². The predicted octanol–water partition coefficient (Wildman–Crippen LogP) is 3.65. The van der Waals surface area contributed by atoms with Crippen LogP contribution >= 0.6 is 15.9 Å². The highest BCUT2D eigenvalue weighted by Gasteiger charge is 2.17. The molecule has 2 aromatic heterocycles. The van der Waals surface area contributed by atoms with Crippen LogP contribution in [0.25, 0.3) is 5.65 Å². The number of pyridine rings is 1. The molecule has 0 aliphatic carbocycles. The zero-order valence-corrected chi connectivity index (χ0v) is 15.6. The maximum atomic E-state index is 12.5. The number of hydrogen-bond acceptors (Lipinski definition) is 3. The van der Waals surface area contributed by atoms with Crippen LogP contribution in [0.5, 0.6) is 0 Å². The predicted molar refractivity (Wildman–Crippen MR) is 95.0 cm³/mol. The minimum Gasteiger partial charge on any atom is -0.381 e. The van der Waals surface area contributed by atoms with Gasteiger partial charge in [-0.25, -0.2) is 4.98 Å². The monoisotopic (exact) mass is 381 g/mol. The molecular weight excluding hydrogens is 358 g/mol. The van der Waals surface area contributed by atoms with Crippen LogP contribution in [0, 0.1) is 13.8 Å². The summed E-state index contributed by atoms with van der Waals surface area (Å²) in [5, 5.41) is 2.95. The number of aromatic nitrogens is 2. The molecule has 2 heterocycles. The molecule has 2 aromatic rings. The van der Waals surface area contributed by atoms with Crippen LogP contribution < -0.4 is 5.32 Å². The Morgan fingerprint density at radius 3 is 2.83 bits per heavy atom. The molecule has 0 spiro atoms. The van der Waals surface area contributed by atoms with Crippen LogP contribution in [0.3, 0.4) is 0 Å². The van der Waals surface area contributed by atoms with E-state index in [-0.39, 0.29) is 5.91 Å². The van der Waals surface area contributed by atoms with Gasteiger partial charge in [0.25, 0.3) is 5.91 Å². The van der Waals surface area contributed by atoms with Gasteiger partial charge in [0, 0.05) is 30.4 Å². The Labute approximate surface area is 145 Å². The van der Waals surface area contributed by atoms with E-state index in [0.717, 1.165) is 47.2 Å². The molecule has 0 radical (unpaired) electrons. The average Bonchev–Trinajstić information content (AvgIpc) is 2.82. The molecule has 23 heavy (non-hydrogen) atoms. The molecule has 0 atom stereocenters. The molecule has 126 valence electrons. The first-order chi connectivity index (χ1) is 11.0. The highest BCUT2D eigenvalue weighted by molar-refractivity contribution is 9.10. The maximum Gasteiger partial charge on any atom is 0.270 e. The normalized spacial score (nSPS) is 11.1. The second-order valence-electron chi connectivity index (χ2n) is 5.66. The fraction of sp³-hybridized carbons (Fsp3) is 0.529. The number of fused-ring (bicyclic) bond motifs is 1. The van der Waals surface area contributed by atoms with Gasteiger partial charge in [0.2, 0.25) is 0 Å². The number of halogens is 1. The summed E-state index contributed by atoms with van der Waals surface area (Å²) in [6, 6.07) is 2.00. The van der Waals surface area contributed by atoms with Gasteiger partial charge in [-0.3, -0.25) is 9.20 Å². The summed E-state index contributed by atoms with van der Waals surface area (Å²) >= 11 is 3.47. The molecule has 0 unspecified atom stereocenters. The Hall–Kier alpha value is -1.40. The highest BCUT2D eigenvalue weighted by atomic mass is 79.9. The number of ether oxygens (including phenoxy) is 1. The number of nitrogens with zero attached hydrogens (tertiary/aromatic N) is 2. The zero-order chi connectivity index (χ0) is 16.8. The molecule has 0 aliphatic heterocycles. The topological polar surface area (TPSA) is 55.6 Å². The third-order valence-electron chi connectivity index (χ3n) is 3.65. The quantitative estimate of drug-likeness (QED) is 0.709. The first-order valence-electron chi connectivity index (χ1n) is 8.05. The molecule has 0 saturated carbocycles. The van der Waals surface area contributed by atoms with Crippen LogP contribution in [-0.4, -0.2) is 35.1 Å². The molecule has 0 bridgehead atoms. The standard InChI is InChI=1S/C17H24BrN3O2/c1-4-5-8-23-9-6-7-19-17(22)15-13(3)20-16-12(2)10-14(18)11-21(15)16/h10-11H,4-9H2,1-3H3,(H,19,22). The molecular formula is C17H24BrN3O2. The number of unbranched alkanes of at least 4 members (excludes halogenated alkanes) is 1. The van der Waals surface area contributed by atoms with E-state index >= 15 is 0 Å². The Bertz CT molecular complexity index is 682. The zero-order valence-electron chi connectivity index (χ0n) is 14.0. The number of hydrogen-bond donors (Lipinski definition) is 1. The van der Waals surface area contributed by atoms with Crippen LogP contribution in [0.1, 0.15) is 47.9 Å². The number of carbonyl (C=O) groups is 1. The van der Waals surface area contributed by atoms with Gasteiger partial charge in [-0.1, -0.05) is 13.3 Å². The van der Waals surface area contributed by atoms with Gasteiger partial charge in [-0.15, -0.1) is 0 Å². The lowest BCUT2D eigenvalue weighted by molar-refractivity contribution is 0.0934. The molecule has 0 fully saturated rings. The van der Waals surface area contributed by atoms with Crippen molar-refractivity contribution < 1.29 is 9.53 Å². The minimum absolute atomic E-state index is 0.0962. The van der Waals surface area contributed by atoms with E-state index in [1.807, 2.05) is 30.5 Å². The number of nitrogens with one attached hydrogen (secondary N) is 1. The van der Waals surface area contributed by atoms with Gasteiger partial charge < -0.3 is 10.1 Å². The van der Waals surface area contributed by atoms with Crippen LogP contribution in [0.15, 0.2) is 16.7 Å². The summed E-state index contributed by atoms with van der Waals surface area (Å²) in [7, 11) is 0. The van der Waals surface area contributed by atoms with Gasteiger partial charge in [0.05, 0.1) is 5.69 Å². The van der Waals surface area contributed by atoms with Crippen molar-refractivity contribution in [2.45, 2.75) is 40.0 Å². The lowest BCUT2D eigenvalue weighted by Gasteiger charge is -2.07. The van der Waals surface area contributed by atoms with E-state index in [0.29, 0.717) is 18.8 Å². The van der Waals surface area contributed by atoms with Crippen LogP contribution in [-0.2, 0) is 4.74 Å². The molecule has 2 rings (SSSR count). The lowest BCUT2D eigenvalue weighted by Crippen LogP contribution is -2.27. The molecule has 5 nitrogen and oxygen atoms in total. The number of imidazole rings is 1. The number of amides is 1. The summed E-state index contributed by atoms with van der Waals surface area (Å²) in [4.78, 5) is 17.0. The van der Waals surface area contributed by atoms with Crippen molar-refractivity contribution >= 4 is 27.5 Å². The van der Waals surface area contributed by atoms with Gasteiger partial charge >= 0.3 is 0 Å². The molecule has 0 aliphatic rings. The number of carbonyl (C=O) groups excluding carboxylic acids is 1. The smallest absolute Gasteiger partial charge is 0.270 e. The summed E-state index contributed by atoms with van der Waals surface area (Å²) in [5.74, 6) is -0.0962. The molecule has 6 heteroatoms. The van der Waals surface area contributed by atoms with E-state index < -0.39 is 0 Å². The lowest BCUT2D eigenvalue weighted by atomic mass is 10.3. The van der Waals surface area contributed by atoms with E-state index in [9.17, 15) is 4.79 Å². The van der Waals surface area contributed by atoms with E-state index in [1.165, 1.54) is 0 Å². The summed E-state index contributed by atoms with van der Waals surface area (Å²) in [6.07, 6.45) is 4.92. The first kappa shape index (κ1) is 17.9. The second kappa shape index (κ2) is 8.45. The van der Waals surface area contributed by atoms with Crippen LogP contribution in [0.4, 0.5) is 0 Å². The van der Waals surface area contributed by atoms with Crippen molar-refractivity contribution in [2.24, 2.45) is 0 Å².